The Labute approximate surface area is 170 Å². The smallest absolute Gasteiger partial charge is 0.254 e. The highest BCUT2D eigenvalue weighted by Gasteiger charge is 2.29. The van der Waals surface area contributed by atoms with E-state index in [2.05, 4.69) is 0 Å². The lowest BCUT2D eigenvalue weighted by atomic mass is 9.93. The molecule has 0 bridgehead atoms. The molecule has 0 saturated carbocycles. The molecule has 142 valence electrons. The van der Waals surface area contributed by atoms with Gasteiger partial charge >= 0.3 is 0 Å². The Morgan fingerprint density at radius 1 is 0.655 bits per heavy atom. The molecule has 0 N–H and O–H groups in total. The van der Waals surface area contributed by atoms with Crippen molar-refractivity contribution in [1.82, 2.24) is 4.90 Å². The second-order valence-electron chi connectivity index (χ2n) is 7.02. The van der Waals surface area contributed by atoms with Gasteiger partial charge in [0.25, 0.3) is 5.91 Å². The molecule has 1 aliphatic rings. The molecular formula is C26H21NO2. The van der Waals surface area contributed by atoms with Crippen LogP contribution in [0.2, 0.25) is 0 Å². The van der Waals surface area contributed by atoms with Gasteiger partial charge in [0, 0.05) is 16.7 Å². The Balaban J connectivity index is 1.72. The molecule has 1 saturated heterocycles. The van der Waals surface area contributed by atoms with Gasteiger partial charge in [-0.15, -0.1) is 0 Å². The topological polar surface area (TPSA) is 37.4 Å². The zero-order valence-corrected chi connectivity index (χ0v) is 16.0. The summed E-state index contributed by atoms with van der Waals surface area (Å²) in [6.45, 7) is 0.598. The summed E-state index contributed by atoms with van der Waals surface area (Å²) < 4.78 is 0. The molecule has 3 aromatic rings. The molecule has 0 unspecified atom stereocenters. The second kappa shape index (κ2) is 8.53. The second-order valence-corrected chi connectivity index (χ2v) is 7.02. The zero-order valence-electron chi connectivity index (χ0n) is 16.0. The highest BCUT2D eigenvalue weighted by atomic mass is 16.2. The van der Waals surface area contributed by atoms with Crippen molar-refractivity contribution in [3.05, 3.63) is 119 Å². The maximum atomic E-state index is 13.2. The molecule has 0 atom stereocenters. The maximum Gasteiger partial charge on any atom is 0.254 e. The SMILES string of the molecule is O=C1/C(=C/c2ccccc2)CN(C(=O)c2ccccc2)C/C1=C\c1ccccc1. The highest BCUT2D eigenvalue weighted by Crippen LogP contribution is 2.23. The molecule has 1 heterocycles. The van der Waals surface area contributed by atoms with E-state index in [0.29, 0.717) is 29.8 Å². The summed E-state index contributed by atoms with van der Waals surface area (Å²) in [7, 11) is 0. The van der Waals surface area contributed by atoms with Gasteiger partial charge in [-0.3, -0.25) is 9.59 Å². The minimum atomic E-state index is -0.0731. The summed E-state index contributed by atoms with van der Waals surface area (Å²) in [5, 5.41) is 0. The number of ketones is 1. The van der Waals surface area contributed by atoms with Crippen LogP contribution in [-0.2, 0) is 4.79 Å². The molecule has 0 aromatic heterocycles. The molecule has 0 spiro atoms. The number of hydrogen-bond acceptors (Lipinski definition) is 2. The normalized spacial score (nSPS) is 17.0. The quantitative estimate of drug-likeness (QED) is 0.608. The molecule has 3 heteroatoms. The minimum Gasteiger partial charge on any atom is -0.330 e. The molecule has 29 heavy (non-hydrogen) atoms. The first-order valence-corrected chi connectivity index (χ1v) is 9.61. The number of amides is 1. The molecular weight excluding hydrogens is 358 g/mol. The fourth-order valence-electron chi connectivity index (χ4n) is 3.45. The lowest BCUT2D eigenvalue weighted by Gasteiger charge is -2.30. The van der Waals surface area contributed by atoms with Crippen molar-refractivity contribution < 1.29 is 9.59 Å². The third-order valence-electron chi connectivity index (χ3n) is 4.89. The first-order valence-electron chi connectivity index (χ1n) is 9.61. The van der Waals surface area contributed by atoms with Crippen LogP contribution in [0.1, 0.15) is 21.5 Å². The number of rotatable bonds is 3. The van der Waals surface area contributed by atoms with Crippen LogP contribution >= 0.6 is 0 Å². The van der Waals surface area contributed by atoms with Crippen LogP contribution in [0.15, 0.2) is 102 Å². The Morgan fingerprint density at radius 2 is 1.07 bits per heavy atom. The molecule has 4 rings (SSSR count). The predicted octanol–water partition coefficient (Wildman–Crippen LogP) is 4.88. The van der Waals surface area contributed by atoms with Crippen LogP contribution in [0, 0.1) is 0 Å². The van der Waals surface area contributed by atoms with Gasteiger partial charge in [0.15, 0.2) is 5.78 Å². The monoisotopic (exact) mass is 379 g/mol. The van der Waals surface area contributed by atoms with Gasteiger partial charge in [-0.25, -0.2) is 0 Å². The molecule has 0 radical (unpaired) electrons. The van der Waals surface area contributed by atoms with E-state index in [-0.39, 0.29) is 11.7 Å². The lowest BCUT2D eigenvalue weighted by Crippen LogP contribution is -2.41. The average Bonchev–Trinajstić information content (AvgIpc) is 2.78. The van der Waals surface area contributed by atoms with Gasteiger partial charge in [0.05, 0.1) is 13.1 Å². The number of nitrogens with zero attached hydrogens (tertiary/aromatic N) is 1. The Bertz CT molecular complexity index is 1010. The standard InChI is InChI=1S/C26H21NO2/c28-25-23(16-20-10-4-1-5-11-20)18-27(26(29)22-14-8-3-9-15-22)19-24(25)17-21-12-6-2-7-13-21/h1-17H,18-19H2/b23-16+,24-17+. The summed E-state index contributed by atoms with van der Waals surface area (Å²) in [6, 6.07) is 28.7. The van der Waals surface area contributed by atoms with Crippen LogP contribution in [0.4, 0.5) is 0 Å². The van der Waals surface area contributed by atoms with Crippen molar-refractivity contribution in [2.75, 3.05) is 13.1 Å². The van der Waals surface area contributed by atoms with Crippen molar-refractivity contribution in [3.63, 3.8) is 0 Å². The van der Waals surface area contributed by atoms with Crippen LogP contribution in [0.25, 0.3) is 12.2 Å². The van der Waals surface area contributed by atoms with E-state index in [1.54, 1.807) is 17.0 Å². The van der Waals surface area contributed by atoms with Crippen molar-refractivity contribution in [1.29, 1.82) is 0 Å². The van der Waals surface area contributed by atoms with Crippen molar-refractivity contribution in [2.24, 2.45) is 0 Å². The Kier molecular flexibility index (Phi) is 5.48. The fraction of sp³-hybridized carbons (Fsp3) is 0.0769. The maximum absolute atomic E-state index is 13.2. The summed E-state index contributed by atoms with van der Waals surface area (Å²) in [4.78, 5) is 28.0. The minimum absolute atomic E-state index is 0.00480. The summed E-state index contributed by atoms with van der Waals surface area (Å²) in [5.74, 6) is -0.0779. The van der Waals surface area contributed by atoms with Gasteiger partial charge < -0.3 is 4.90 Å². The Morgan fingerprint density at radius 3 is 1.52 bits per heavy atom. The summed E-state index contributed by atoms with van der Waals surface area (Å²) in [5.41, 5.74) is 3.76. The van der Waals surface area contributed by atoms with E-state index in [9.17, 15) is 9.59 Å². The van der Waals surface area contributed by atoms with Gasteiger partial charge in [-0.05, 0) is 35.4 Å². The third kappa shape index (κ3) is 4.41. The first kappa shape index (κ1) is 18.6. The largest absolute Gasteiger partial charge is 0.330 e. The average molecular weight is 379 g/mol. The molecule has 3 nitrogen and oxygen atoms in total. The molecule has 3 aromatic carbocycles. The van der Waals surface area contributed by atoms with E-state index >= 15 is 0 Å². The van der Waals surface area contributed by atoms with Crippen molar-refractivity contribution >= 4 is 23.8 Å². The summed E-state index contributed by atoms with van der Waals surface area (Å²) in [6.07, 6.45) is 3.76. The molecule has 1 fully saturated rings. The van der Waals surface area contributed by atoms with Crippen molar-refractivity contribution in [2.45, 2.75) is 0 Å². The highest BCUT2D eigenvalue weighted by molar-refractivity contribution is 6.15. The number of likely N-dealkylation sites (tertiary alicyclic amines) is 1. The van der Waals surface area contributed by atoms with E-state index in [4.69, 9.17) is 0 Å². The molecule has 1 amide bonds. The third-order valence-corrected chi connectivity index (χ3v) is 4.89. The number of carbonyl (C=O) groups is 2. The number of Topliss-reactive ketones (excluding diaryl/α,β-unsaturated/α-hetero) is 1. The van der Waals surface area contributed by atoms with Crippen LogP contribution in [-0.4, -0.2) is 29.7 Å². The van der Waals surface area contributed by atoms with E-state index in [1.165, 1.54) is 0 Å². The predicted molar refractivity (Wildman–Crippen MR) is 116 cm³/mol. The van der Waals surface area contributed by atoms with Gasteiger partial charge in [-0.1, -0.05) is 78.9 Å². The number of piperidine rings is 1. The van der Waals surface area contributed by atoms with Gasteiger partial charge in [0.2, 0.25) is 0 Å². The number of benzene rings is 3. The van der Waals surface area contributed by atoms with E-state index < -0.39 is 0 Å². The van der Waals surface area contributed by atoms with E-state index in [0.717, 1.165) is 11.1 Å². The zero-order chi connectivity index (χ0) is 20.1. The lowest BCUT2D eigenvalue weighted by molar-refractivity contribution is -0.113. The van der Waals surface area contributed by atoms with Crippen LogP contribution in [0.5, 0.6) is 0 Å². The molecule has 1 aliphatic heterocycles. The Hall–Kier alpha value is -3.72. The first-order chi connectivity index (χ1) is 14.2. The van der Waals surface area contributed by atoms with Gasteiger partial charge in [-0.2, -0.15) is 0 Å². The molecule has 0 aliphatic carbocycles. The van der Waals surface area contributed by atoms with E-state index in [1.807, 2.05) is 91.0 Å². The number of hydrogen-bond donors (Lipinski definition) is 0. The number of carbonyl (C=O) groups excluding carboxylic acids is 2. The van der Waals surface area contributed by atoms with Crippen LogP contribution < -0.4 is 0 Å². The fourth-order valence-corrected chi connectivity index (χ4v) is 3.45. The van der Waals surface area contributed by atoms with Crippen LogP contribution in [0.3, 0.4) is 0 Å². The van der Waals surface area contributed by atoms with Gasteiger partial charge in [0.1, 0.15) is 0 Å². The van der Waals surface area contributed by atoms with Crippen molar-refractivity contribution in [3.8, 4) is 0 Å². The summed E-state index contributed by atoms with van der Waals surface area (Å²) >= 11 is 0.